The van der Waals surface area contributed by atoms with Crippen LogP contribution in [0.4, 0.5) is 0 Å². The van der Waals surface area contributed by atoms with Gasteiger partial charge in [-0.15, -0.1) is 0 Å². The van der Waals surface area contributed by atoms with Crippen molar-refractivity contribution in [1.29, 1.82) is 0 Å². The Morgan fingerprint density at radius 2 is 1.52 bits per heavy atom. The molecule has 0 aromatic heterocycles. The topological polar surface area (TPSA) is 40.2 Å². The Morgan fingerprint density at radius 3 is 2.04 bits per heavy atom. The lowest BCUT2D eigenvalue weighted by Gasteiger charge is -2.40. The Hall–Kier alpha value is -0.160. The van der Waals surface area contributed by atoms with E-state index in [9.17, 15) is 0 Å². The lowest BCUT2D eigenvalue weighted by Crippen LogP contribution is -2.46. The van der Waals surface area contributed by atoms with Crippen molar-refractivity contribution in [3.05, 3.63) is 0 Å². The summed E-state index contributed by atoms with van der Waals surface area (Å²) in [5.74, 6) is -0.363. The van der Waals surface area contributed by atoms with Crippen LogP contribution in [0.5, 0.6) is 0 Å². The minimum Gasteiger partial charge on any atom is -0.378 e. The minimum atomic E-state index is -0.601. The van der Waals surface area contributed by atoms with Crippen LogP contribution in [-0.2, 0) is 18.9 Å². The Bertz CT molecular complexity index is 316. The van der Waals surface area contributed by atoms with Gasteiger partial charge < -0.3 is 18.9 Å². The number of hydrogen-bond donors (Lipinski definition) is 0. The summed E-state index contributed by atoms with van der Waals surface area (Å²) in [5, 5.41) is 0. The molecule has 2 atom stereocenters. The van der Waals surface area contributed by atoms with Crippen molar-refractivity contribution in [3.8, 4) is 0 Å². The summed E-state index contributed by atoms with van der Waals surface area (Å²) in [6.45, 7) is 14.8. The number of unbranched alkanes of at least 4 members (excludes halogenated alkanes) is 5. The highest BCUT2D eigenvalue weighted by atomic mass is 16.7. The van der Waals surface area contributed by atoms with Crippen molar-refractivity contribution < 1.29 is 18.9 Å². The first-order valence-corrected chi connectivity index (χ1v) is 10.4. The molecular weight excluding hydrogens is 316 g/mol. The molecule has 0 aromatic carbocycles. The van der Waals surface area contributed by atoms with Gasteiger partial charge in [0.1, 0.15) is 6.10 Å². The summed E-state index contributed by atoms with van der Waals surface area (Å²) in [5.41, 5.74) is 0. The fourth-order valence-electron chi connectivity index (χ4n) is 3.33. The summed E-state index contributed by atoms with van der Waals surface area (Å²) in [7, 11) is 0. The van der Waals surface area contributed by atoms with Crippen LogP contribution in [0, 0.1) is 5.92 Å². The van der Waals surface area contributed by atoms with Gasteiger partial charge in [-0.05, 0) is 41.0 Å². The zero-order valence-corrected chi connectivity index (χ0v) is 17.5. The monoisotopic (exact) mass is 358 g/mol. The second-order valence-electron chi connectivity index (χ2n) is 8.10. The Balaban J connectivity index is 2.56. The molecule has 0 saturated carbocycles. The van der Waals surface area contributed by atoms with Crippen molar-refractivity contribution in [2.45, 2.75) is 111 Å². The second-order valence-corrected chi connectivity index (χ2v) is 8.10. The van der Waals surface area contributed by atoms with E-state index in [1.807, 2.05) is 0 Å². The SMILES string of the molecule is CCCCCCCCC(COCC1CO1)C(C)(OC(C)C)OC(C)C. The molecule has 150 valence electrons. The van der Waals surface area contributed by atoms with Crippen molar-refractivity contribution in [2.24, 2.45) is 5.92 Å². The largest absolute Gasteiger partial charge is 0.378 e. The maximum Gasteiger partial charge on any atom is 0.171 e. The van der Waals surface area contributed by atoms with E-state index in [1.165, 1.54) is 38.5 Å². The fourth-order valence-corrected chi connectivity index (χ4v) is 3.33. The van der Waals surface area contributed by atoms with Gasteiger partial charge in [-0.25, -0.2) is 0 Å². The standard InChI is InChI=1S/C21H42O4/c1-7-8-9-10-11-12-13-19(14-22-15-20-16-23-20)21(6,24-17(2)3)25-18(4)5/h17-20H,7-16H2,1-6H3. The van der Waals surface area contributed by atoms with Crippen LogP contribution in [0.1, 0.15) is 86.5 Å². The molecule has 1 aliphatic heterocycles. The third kappa shape index (κ3) is 10.5. The van der Waals surface area contributed by atoms with Crippen LogP contribution >= 0.6 is 0 Å². The molecule has 1 saturated heterocycles. The quantitative estimate of drug-likeness (QED) is 0.212. The summed E-state index contributed by atoms with van der Waals surface area (Å²) < 4.78 is 23.7. The summed E-state index contributed by atoms with van der Waals surface area (Å²) >= 11 is 0. The van der Waals surface area contributed by atoms with E-state index < -0.39 is 5.79 Å². The van der Waals surface area contributed by atoms with Gasteiger partial charge in [-0.2, -0.15) is 0 Å². The molecule has 0 amide bonds. The van der Waals surface area contributed by atoms with Gasteiger partial charge in [0.25, 0.3) is 0 Å². The van der Waals surface area contributed by atoms with Crippen LogP contribution in [0.3, 0.4) is 0 Å². The van der Waals surface area contributed by atoms with E-state index in [0.717, 1.165) is 13.0 Å². The zero-order chi connectivity index (χ0) is 18.7. The van der Waals surface area contributed by atoms with E-state index in [4.69, 9.17) is 18.9 Å². The smallest absolute Gasteiger partial charge is 0.171 e. The van der Waals surface area contributed by atoms with Gasteiger partial charge in [0.15, 0.2) is 5.79 Å². The zero-order valence-electron chi connectivity index (χ0n) is 17.5. The normalized spacial score (nSPS) is 19.0. The van der Waals surface area contributed by atoms with Crippen LogP contribution in [-0.4, -0.2) is 43.9 Å². The first-order chi connectivity index (χ1) is 11.9. The van der Waals surface area contributed by atoms with E-state index in [-0.39, 0.29) is 18.1 Å². The molecule has 1 heterocycles. The maximum atomic E-state index is 6.25. The van der Waals surface area contributed by atoms with Crippen molar-refractivity contribution in [3.63, 3.8) is 0 Å². The lowest BCUT2D eigenvalue weighted by molar-refractivity contribution is -0.292. The first kappa shape index (κ1) is 22.9. The predicted molar refractivity (Wildman–Crippen MR) is 103 cm³/mol. The van der Waals surface area contributed by atoms with Gasteiger partial charge in [-0.3, -0.25) is 0 Å². The molecule has 0 radical (unpaired) electrons. The van der Waals surface area contributed by atoms with Crippen LogP contribution in [0.2, 0.25) is 0 Å². The molecule has 1 aliphatic rings. The molecular formula is C21H42O4. The van der Waals surface area contributed by atoms with Crippen molar-refractivity contribution in [2.75, 3.05) is 19.8 Å². The summed E-state index contributed by atoms with van der Waals surface area (Å²) in [4.78, 5) is 0. The third-order valence-electron chi connectivity index (χ3n) is 4.61. The van der Waals surface area contributed by atoms with Gasteiger partial charge >= 0.3 is 0 Å². The molecule has 2 unspecified atom stereocenters. The molecule has 1 fully saturated rings. The van der Waals surface area contributed by atoms with E-state index in [0.29, 0.717) is 19.3 Å². The number of rotatable bonds is 16. The predicted octanol–water partition coefficient (Wildman–Crippen LogP) is 5.33. The minimum absolute atomic E-state index is 0.127. The second kappa shape index (κ2) is 12.3. The number of epoxide rings is 1. The van der Waals surface area contributed by atoms with Crippen LogP contribution in [0.15, 0.2) is 0 Å². The maximum absolute atomic E-state index is 6.25. The highest BCUT2D eigenvalue weighted by Crippen LogP contribution is 2.32. The average Bonchev–Trinajstić information content (AvgIpc) is 3.31. The first-order valence-electron chi connectivity index (χ1n) is 10.4. The number of ether oxygens (including phenoxy) is 4. The molecule has 4 nitrogen and oxygen atoms in total. The van der Waals surface area contributed by atoms with E-state index in [1.54, 1.807) is 0 Å². The Labute approximate surface area is 155 Å². The molecule has 0 aliphatic carbocycles. The van der Waals surface area contributed by atoms with Crippen molar-refractivity contribution >= 4 is 0 Å². The van der Waals surface area contributed by atoms with Gasteiger partial charge in [0.2, 0.25) is 0 Å². The summed E-state index contributed by atoms with van der Waals surface area (Å²) in [6, 6.07) is 0. The Kier molecular flexibility index (Phi) is 11.2. The highest BCUT2D eigenvalue weighted by Gasteiger charge is 2.38. The highest BCUT2D eigenvalue weighted by molar-refractivity contribution is 4.78. The van der Waals surface area contributed by atoms with Crippen LogP contribution < -0.4 is 0 Å². The van der Waals surface area contributed by atoms with E-state index >= 15 is 0 Å². The van der Waals surface area contributed by atoms with Gasteiger partial charge in [0.05, 0.1) is 32.0 Å². The molecule has 1 rings (SSSR count). The molecule has 0 N–H and O–H groups in total. The molecule has 4 heteroatoms. The van der Waals surface area contributed by atoms with Gasteiger partial charge in [-0.1, -0.05) is 45.4 Å². The van der Waals surface area contributed by atoms with E-state index in [2.05, 4.69) is 41.5 Å². The lowest BCUT2D eigenvalue weighted by atomic mass is 9.93. The van der Waals surface area contributed by atoms with Gasteiger partial charge in [0, 0.05) is 5.92 Å². The van der Waals surface area contributed by atoms with Crippen molar-refractivity contribution in [1.82, 2.24) is 0 Å². The summed E-state index contributed by atoms with van der Waals surface area (Å²) in [6.07, 6.45) is 9.43. The number of hydrogen-bond acceptors (Lipinski definition) is 4. The Morgan fingerprint density at radius 1 is 0.960 bits per heavy atom. The third-order valence-corrected chi connectivity index (χ3v) is 4.61. The molecule has 0 spiro atoms. The molecule has 0 aromatic rings. The van der Waals surface area contributed by atoms with Crippen LogP contribution in [0.25, 0.3) is 0 Å². The fraction of sp³-hybridized carbons (Fsp3) is 1.00. The molecule has 0 bridgehead atoms. The molecule has 25 heavy (non-hydrogen) atoms. The average molecular weight is 359 g/mol.